The van der Waals surface area contributed by atoms with Crippen molar-refractivity contribution in [3.05, 3.63) is 16.9 Å². The molecule has 0 saturated heterocycles. The van der Waals surface area contributed by atoms with E-state index in [-0.39, 0.29) is 12.3 Å². The van der Waals surface area contributed by atoms with Gasteiger partial charge >= 0.3 is 0 Å². The SMILES string of the molecule is NS(=O)(=O)CCn1ncc(Cl)c1C1CC1. The van der Waals surface area contributed by atoms with Gasteiger partial charge in [0.25, 0.3) is 0 Å². The molecule has 2 rings (SSSR count). The molecular formula is C8H12ClN3O2S. The monoisotopic (exact) mass is 249 g/mol. The number of halogens is 1. The number of rotatable bonds is 4. The number of nitrogens with zero attached hydrogens (tertiary/aromatic N) is 2. The Morgan fingerprint density at radius 3 is 2.80 bits per heavy atom. The number of hydrogen-bond acceptors (Lipinski definition) is 3. The molecule has 5 nitrogen and oxygen atoms in total. The first kappa shape index (κ1) is 10.9. The van der Waals surface area contributed by atoms with E-state index in [4.69, 9.17) is 16.7 Å². The predicted molar refractivity (Wildman–Crippen MR) is 57.2 cm³/mol. The van der Waals surface area contributed by atoms with Crippen LogP contribution in [0.4, 0.5) is 0 Å². The summed E-state index contributed by atoms with van der Waals surface area (Å²) >= 11 is 5.97. The summed E-state index contributed by atoms with van der Waals surface area (Å²) in [5.41, 5.74) is 0.945. The topological polar surface area (TPSA) is 78.0 Å². The maximum absolute atomic E-state index is 10.8. The first-order valence-corrected chi connectivity index (χ1v) is 6.78. The molecule has 1 aliphatic carbocycles. The fourth-order valence-electron chi connectivity index (χ4n) is 1.53. The van der Waals surface area contributed by atoms with Gasteiger partial charge in [-0.15, -0.1) is 0 Å². The van der Waals surface area contributed by atoms with E-state index in [2.05, 4.69) is 5.10 Å². The molecule has 0 unspecified atom stereocenters. The van der Waals surface area contributed by atoms with Crippen LogP contribution in [0.25, 0.3) is 0 Å². The Bertz CT molecular complexity index is 464. The maximum atomic E-state index is 10.8. The van der Waals surface area contributed by atoms with Gasteiger partial charge < -0.3 is 0 Å². The number of sulfonamides is 1. The van der Waals surface area contributed by atoms with Crippen LogP contribution >= 0.6 is 11.6 Å². The fourth-order valence-corrected chi connectivity index (χ4v) is 2.25. The predicted octanol–water partition coefficient (Wildman–Crippen LogP) is 0.702. The number of aryl methyl sites for hydroxylation is 1. The van der Waals surface area contributed by atoms with Crippen molar-refractivity contribution in [2.75, 3.05) is 5.75 Å². The highest BCUT2D eigenvalue weighted by molar-refractivity contribution is 7.89. The lowest BCUT2D eigenvalue weighted by molar-refractivity contribution is 0.575. The Balaban J connectivity index is 2.14. The summed E-state index contributed by atoms with van der Waals surface area (Å²) in [5, 5.41) is 9.59. The lowest BCUT2D eigenvalue weighted by Crippen LogP contribution is -2.21. The van der Waals surface area contributed by atoms with Crippen molar-refractivity contribution in [1.29, 1.82) is 0 Å². The third-order valence-electron chi connectivity index (χ3n) is 2.38. The Kier molecular flexibility index (Phi) is 2.74. The van der Waals surface area contributed by atoms with E-state index in [1.807, 2.05) is 0 Å². The second-order valence-electron chi connectivity index (χ2n) is 3.74. The van der Waals surface area contributed by atoms with Gasteiger partial charge in [-0.25, -0.2) is 13.6 Å². The minimum absolute atomic E-state index is 0.106. The van der Waals surface area contributed by atoms with E-state index in [1.165, 1.54) is 0 Å². The van der Waals surface area contributed by atoms with Crippen molar-refractivity contribution in [2.45, 2.75) is 25.3 Å². The minimum atomic E-state index is -3.44. The average molecular weight is 250 g/mol. The summed E-state index contributed by atoms with van der Waals surface area (Å²) in [7, 11) is -3.44. The van der Waals surface area contributed by atoms with Gasteiger partial charge in [-0.05, 0) is 12.8 Å². The third kappa shape index (κ3) is 2.70. The number of primary sulfonamides is 1. The lowest BCUT2D eigenvalue weighted by atomic mass is 10.3. The van der Waals surface area contributed by atoms with Gasteiger partial charge in [0.05, 0.1) is 29.2 Å². The number of aromatic nitrogens is 2. The van der Waals surface area contributed by atoms with Crippen LogP contribution in [0.1, 0.15) is 24.5 Å². The Morgan fingerprint density at radius 1 is 1.60 bits per heavy atom. The molecule has 0 amide bonds. The fraction of sp³-hybridized carbons (Fsp3) is 0.625. The molecule has 1 aliphatic rings. The summed E-state index contributed by atoms with van der Waals surface area (Å²) in [4.78, 5) is 0. The van der Waals surface area contributed by atoms with E-state index in [0.29, 0.717) is 10.9 Å². The zero-order valence-corrected chi connectivity index (χ0v) is 9.63. The molecule has 0 aliphatic heterocycles. The van der Waals surface area contributed by atoms with Crippen molar-refractivity contribution in [3.63, 3.8) is 0 Å². The molecule has 84 valence electrons. The summed E-state index contributed by atoms with van der Waals surface area (Å²) in [6.07, 6.45) is 3.75. The normalized spacial score (nSPS) is 16.9. The van der Waals surface area contributed by atoms with Gasteiger partial charge in [0.15, 0.2) is 0 Å². The summed E-state index contributed by atoms with van der Waals surface area (Å²) in [6, 6.07) is 0. The van der Waals surface area contributed by atoms with E-state index in [0.717, 1.165) is 18.5 Å². The third-order valence-corrected chi connectivity index (χ3v) is 3.43. The molecule has 0 spiro atoms. The molecule has 1 aromatic rings. The minimum Gasteiger partial charge on any atom is -0.267 e. The highest BCUT2D eigenvalue weighted by Gasteiger charge is 2.29. The van der Waals surface area contributed by atoms with Crippen LogP contribution in [0.15, 0.2) is 6.20 Å². The standard InChI is InChI=1S/C8H12ClN3O2S/c9-7-5-11-12(3-4-15(10,13)14)8(7)6-1-2-6/h5-6H,1-4H2,(H2,10,13,14). The molecular weight excluding hydrogens is 238 g/mol. The van der Waals surface area contributed by atoms with Crippen molar-refractivity contribution in [1.82, 2.24) is 9.78 Å². The van der Waals surface area contributed by atoms with Gasteiger partial charge in [0, 0.05) is 5.92 Å². The van der Waals surface area contributed by atoms with Gasteiger partial charge in [-0.1, -0.05) is 11.6 Å². The Hall–Kier alpha value is -0.590. The first-order valence-electron chi connectivity index (χ1n) is 4.69. The quantitative estimate of drug-likeness (QED) is 0.853. The summed E-state index contributed by atoms with van der Waals surface area (Å²) in [5.74, 6) is 0.338. The van der Waals surface area contributed by atoms with E-state index >= 15 is 0 Å². The maximum Gasteiger partial charge on any atom is 0.210 e. The molecule has 0 bridgehead atoms. The Morgan fingerprint density at radius 2 is 2.27 bits per heavy atom. The van der Waals surface area contributed by atoms with Crippen LogP contribution in [-0.2, 0) is 16.6 Å². The molecule has 2 N–H and O–H groups in total. The van der Waals surface area contributed by atoms with Crippen LogP contribution in [0.5, 0.6) is 0 Å². The average Bonchev–Trinajstić information content (AvgIpc) is 2.87. The highest BCUT2D eigenvalue weighted by Crippen LogP contribution is 2.42. The van der Waals surface area contributed by atoms with Crippen LogP contribution in [-0.4, -0.2) is 24.0 Å². The van der Waals surface area contributed by atoms with Crippen molar-refractivity contribution in [3.8, 4) is 0 Å². The van der Waals surface area contributed by atoms with Crippen LogP contribution in [0.2, 0.25) is 5.02 Å². The number of nitrogens with two attached hydrogens (primary N) is 1. The first-order chi connectivity index (χ1) is 6.97. The zero-order chi connectivity index (χ0) is 11.1. The van der Waals surface area contributed by atoms with Crippen molar-refractivity contribution < 1.29 is 8.42 Å². The van der Waals surface area contributed by atoms with Gasteiger partial charge in [0.1, 0.15) is 0 Å². The van der Waals surface area contributed by atoms with Crippen molar-refractivity contribution in [2.24, 2.45) is 5.14 Å². The number of hydrogen-bond donors (Lipinski definition) is 1. The van der Waals surface area contributed by atoms with E-state index in [1.54, 1.807) is 10.9 Å². The smallest absolute Gasteiger partial charge is 0.210 e. The summed E-state index contributed by atoms with van der Waals surface area (Å²) < 4.78 is 23.3. The molecule has 1 heterocycles. The highest BCUT2D eigenvalue weighted by atomic mass is 35.5. The van der Waals surface area contributed by atoms with Crippen LogP contribution in [0, 0.1) is 0 Å². The van der Waals surface area contributed by atoms with Crippen molar-refractivity contribution >= 4 is 21.6 Å². The molecule has 0 radical (unpaired) electrons. The molecule has 15 heavy (non-hydrogen) atoms. The molecule has 7 heteroatoms. The Labute approximate surface area is 93.3 Å². The lowest BCUT2D eigenvalue weighted by Gasteiger charge is -2.05. The molecule has 1 fully saturated rings. The van der Waals surface area contributed by atoms with Crippen LogP contribution < -0.4 is 5.14 Å². The van der Waals surface area contributed by atoms with Gasteiger partial charge in [0.2, 0.25) is 10.0 Å². The summed E-state index contributed by atoms with van der Waals surface area (Å²) in [6.45, 7) is 0.275. The molecule has 1 saturated carbocycles. The van der Waals surface area contributed by atoms with Gasteiger partial charge in [-0.2, -0.15) is 5.10 Å². The second-order valence-corrected chi connectivity index (χ2v) is 5.88. The largest absolute Gasteiger partial charge is 0.267 e. The zero-order valence-electron chi connectivity index (χ0n) is 8.06. The second kappa shape index (κ2) is 3.77. The van der Waals surface area contributed by atoms with Crippen LogP contribution in [0.3, 0.4) is 0 Å². The van der Waals surface area contributed by atoms with E-state index < -0.39 is 10.0 Å². The van der Waals surface area contributed by atoms with E-state index in [9.17, 15) is 8.42 Å². The molecule has 0 atom stereocenters. The molecule has 1 aromatic heterocycles. The molecule has 0 aromatic carbocycles. The van der Waals surface area contributed by atoms with Gasteiger partial charge in [-0.3, -0.25) is 4.68 Å².